The van der Waals surface area contributed by atoms with Crippen molar-refractivity contribution in [3.8, 4) is 5.75 Å². The Morgan fingerprint density at radius 1 is 0.750 bits per heavy atom. The van der Waals surface area contributed by atoms with Crippen LogP contribution in [0, 0.1) is 17.7 Å². The fourth-order valence-corrected chi connectivity index (χ4v) is 10.8. The Balaban J connectivity index is 0.667. The maximum atomic E-state index is 14.1. The average Bonchev–Trinajstić information content (AvgIpc) is 3.61. The first-order chi connectivity index (χ1) is 33.0. The lowest BCUT2D eigenvalue weighted by molar-refractivity contribution is -0.136. The third-order valence-electron chi connectivity index (χ3n) is 14.7. The van der Waals surface area contributed by atoms with Gasteiger partial charge in [-0.05, 0) is 134 Å². The molecular formula is C53H54FN7O7. The summed E-state index contributed by atoms with van der Waals surface area (Å²) >= 11 is 0. The highest BCUT2D eigenvalue weighted by Crippen LogP contribution is 2.41. The van der Waals surface area contributed by atoms with Gasteiger partial charge in [0.1, 0.15) is 23.7 Å². The van der Waals surface area contributed by atoms with Crippen molar-refractivity contribution in [1.29, 1.82) is 0 Å². The molecule has 1 aromatic heterocycles. The summed E-state index contributed by atoms with van der Waals surface area (Å²) in [6.07, 6.45) is 7.05. The van der Waals surface area contributed by atoms with Crippen LogP contribution < -0.4 is 25.2 Å². The zero-order valence-electron chi connectivity index (χ0n) is 38.0. The number of rotatable bonds is 10. The van der Waals surface area contributed by atoms with E-state index in [0.717, 1.165) is 64.1 Å². The highest BCUT2D eigenvalue weighted by Gasteiger charge is 2.45. The van der Waals surface area contributed by atoms with Gasteiger partial charge >= 0.3 is 0 Å². The largest absolute Gasteiger partial charge is 0.490 e. The van der Waals surface area contributed by atoms with Crippen LogP contribution in [0.5, 0.6) is 5.75 Å². The average molecular weight is 920 g/mol. The Morgan fingerprint density at radius 3 is 2.18 bits per heavy atom. The van der Waals surface area contributed by atoms with Gasteiger partial charge in [-0.25, -0.2) is 4.39 Å². The van der Waals surface area contributed by atoms with Crippen molar-refractivity contribution in [3.05, 3.63) is 125 Å². The number of aromatic nitrogens is 1. The van der Waals surface area contributed by atoms with Crippen molar-refractivity contribution in [1.82, 2.24) is 20.1 Å². The normalized spacial score (nSPS) is 21.7. The Bertz CT molecular complexity index is 2800. The van der Waals surface area contributed by atoms with Crippen LogP contribution >= 0.6 is 0 Å². The molecule has 4 fully saturated rings. The summed E-state index contributed by atoms with van der Waals surface area (Å²) in [5, 5.41) is 6.21. The molecule has 0 bridgehead atoms. The van der Waals surface area contributed by atoms with Crippen LogP contribution in [0.1, 0.15) is 101 Å². The number of ether oxygens (including phenoxy) is 1. The molecule has 5 aliphatic rings. The van der Waals surface area contributed by atoms with Gasteiger partial charge in [-0.3, -0.25) is 44.0 Å². The van der Waals surface area contributed by atoms with E-state index in [1.807, 2.05) is 72.5 Å². The number of imide groups is 2. The molecule has 1 aliphatic carbocycles. The Kier molecular flexibility index (Phi) is 12.4. The van der Waals surface area contributed by atoms with E-state index in [1.165, 1.54) is 6.07 Å². The molecule has 350 valence electrons. The van der Waals surface area contributed by atoms with Crippen molar-refractivity contribution in [2.75, 3.05) is 54.4 Å². The first kappa shape index (κ1) is 44.7. The smallest absolute Gasteiger partial charge is 0.262 e. The maximum Gasteiger partial charge on any atom is 0.262 e. The molecule has 2 atom stereocenters. The second-order valence-corrected chi connectivity index (χ2v) is 18.8. The summed E-state index contributed by atoms with van der Waals surface area (Å²) in [6, 6.07) is 26.2. The number of halogens is 1. The van der Waals surface area contributed by atoms with E-state index in [0.29, 0.717) is 69.3 Å². The van der Waals surface area contributed by atoms with E-state index in [2.05, 4.69) is 25.4 Å². The first-order valence-electron chi connectivity index (χ1n) is 23.8. The van der Waals surface area contributed by atoms with Crippen molar-refractivity contribution >= 4 is 63.4 Å². The van der Waals surface area contributed by atoms with Crippen molar-refractivity contribution in [2.45, 2.75) is 76.4 Å². The number of fused-ring (bicyclic) bond motifs is 2. The standard InChI is InChI=1S/C53H54FN7O7/c1-32(33-5-7-34(8-6-33)42-19-22-55-46-16-9-36(54)30-44(42)46)49(63)56-37-10-13-40(14-11-37)68-41-20-23-60(24-21-41)51(65)35-3-2-4-38(29-35)58-25-27-59(28-26-58)39-12-15-43-45(31-39)53(67)61(52(43)66)47-17-18-48(62)57-50(47)64/h2-4,9-16,19,22,29-34,41,47H,5-8,17-18,20-21,23-28H2,1H3,(H,56,63)(H,57,62,64)/t32-,33-,34+,47?/m1/s1. The van der Waals surface area contributed by atoms with Crippen LogP contribution in [0.4, 0.5) is 21.5 Å². The molecule has 15 heteroatoms. The number of amides is 6. The molecule has 1 saturated carbocycles. The molecule has 68 heavy (non-hydrogen) atoms. The second-order valence-electron chi connectivity index (χ2n) is 18.8. The lowest BCUT2D eigenvalue weighted by Gasteiger charge is -2.37. The minimum Gasteiger partial charge on any atom is -0.490 e. The van der Waals surface area contributed by atoms with Crippen LogP contribution in [0.3, 0.4) is 0 Å². The summed E-state index contributed by atoms with van der Waals surface area (Å²) in [7, 11) is 0. The summed E-state index contributed by atoms with van der Waals surface area (Å²) in [4.78, 5) is 89.5. The number of pyridine rings is 1. The molecule has 2 N–H and O–H groups in total. The van der Waals surface area contributed by atoms with Crippen LogP contribution in [-0.4, -0.2) is 102 Å². The van der Waals surface area contributed by atoms with Crippen LogP contribution in [0.15, 0.2) is 97.2 Å². The van der Waals surface area contributed by atoms with E-state index >= 15 is 0 Å². The van der Waals surface area contributed by atoms with Gasteiger partial charge in [0.25, 0.3) is 17.7 Å². The molecule has 1 unspecified atom stereocenters. The number of anilines is 3. The number of carbonyl (C=O) groups is 6. The number of piperidine rings is 2. The molecule has 5 heterocycles. The van der Waals surface area contributed by atoms with Gasteiger partial charge in [0.05, 0.1) is 16.6 Å². The summed E-state index contributed by atoms with van der Waals surface area (Å²) in [6.45, 7) is 5.80. The first-order valence-corrected chi connectivity index (χ1v) is 23.8. The molecule has 0 spiro atoms. The number of benzene rings is 4. The monoisotopic (exact) mass is 919 g/mol. The van der Waals surface area contributed by atoms with Gasteiger partial charge in [-0.1, -0.05) is 13.0 Å². The fourth-order valence-electron chi connectivity index (χ4n) is 10.8. The van der Waals surface area contributed by atoms with Crippen LogP contribution in [-0.2, 0) is 14.4 Å². The van der Waals surface area contributed by atoms with E-state index in [9.17, 15) is 33.2 Å². The van der Waals surface area contributed by atoms with E-state index in [-0.39, 0.29) is 59.5 Å². The Hall–Kier alpha value is -7.16. The predicted molar refractivity (Wildman–Crippen MR) is 254 cm³/mol. The van der Waals surface area contributed by atoms with Crippen LogP contribution in [0.25, 0.3) is 10.9 Å². The number of likely N-dealkylation sites (tertiary alicyclic amines) is 1. The molecule has 10 rings (SSSR count). The second kappa shape index (κ2) is 18.8. The third kappa shape index (κ3) is 9.01. The van der Waals surface area contributed by atoms with Gasteiger partial charge < -0.3 is 24.8 Å². The third-order valence-corrected chi connectivity index (χ3v) is 14.7. The number of nitrogens with one attached hydrogen (secondary N) is 2. The summed E-state index contributed by atoms with van der Waals surface area (Å²) in [5.41, 5.74) is 5.56. The molecule has 6 amide bonds. The highest BCUT2D eigenvalue weighted by atomic mass is 19.1. The van der Waals surface area contributed by atoms with Gasteiger partial charge in [0.2, 0.25) is 17.7 Å². The molecule has 4 aliphatic heterocycles. The zero-order valence-corrected chi connectivity index (χ0v) is 38.0. The molecular weight excluding hydrogens is 866 g/mol. The topological polar surface area (TPSA) is 162 Å². The number of hydrogen-bond acceptors (Lipinski definition) is 10. The molecule has 0 radical (unpaired) electrons. The minimum absolute atomic E-state index is 0.00144. The lowest BCUT2D eigenvalue weighted by Crippen LogP contribution is -2.54. The van der Waals surface area contributed by atoms with Crippen molar-refractivity contribution < 1.29 is 37.9 Å². The van der Waals surface area contributed by atoms with Gasteiger partial charge in [0.15, 0.2) is 0 Å². The predicted octanol–water partition coefficient (Wildman–Crippen LogP) is 7.33. The molecule has 4 aromatic carbocycles. The SMILES string of the molecule is C[C@@H](C(=O)Nc1ccc(OC2CCN(C(=O)c3cccc(N4CCN(c5ccc6c(c5)C(=O)N(C5CCC(=O)NC5=O)C6=O)CC4)c3)CC2)cc1)[C@H]1CC[C@@H](c2ccnc3ccc(F)cc32)CC1. The van der Waals surface area contributed by atoms with E-state index in [4.69, 9.17) is 4.74 Å². The van der Waals surface area contributed by atoms with Crippen molar-refractivity contribution in [2.24, 2.45) is 11.8 Å². The van der Waals surface area contributed by atoms with Crippen molar-refractivity contribution in [3.63, 3.8) is 0 Å². The van der Waals surface area contributed by atoms with Gasteiger partial charge in [0, 0.05) is 98.7 Å². The summed E-state index contributed by atoms with van der Waals surface area (Å²) in [5.74, 6) is -1.23. The number of piperazine rings is 1. The quantitative estimate of drug-likeness (QED) is 0.136. The highest BCUT2D eigenvalue weighted by molar-refractivity contribution is 6.23. The van der Waals surface area contributed by atoms with Crippen LogP contribution in [0.2, 0.25) is 0 Å². The number of nitrogens with zero attached hydrogens (tertiary/aromatic N) is 5. The minimum atomic E-state index is -1.01. The van der Waals surface area contributed by atoms with E-state index < -0.39 is 29.7 Å². The van der Waals surface area contributed by atoms with E-state index in [1.54, 1.807) is 30.5 Å². The number of carbonyl (C=O) groups excluding carboxylic acids is 6. The number of hydrogen-bond donors (Lipinski definition) is 2. The molecule has 5 aromatic rings. The lowest BCUT2D eigenvalue weighted by atomic mass is 9.73. The van der Waals surface area contributed by atoms with Gasteiger partial charge in [-0.2, -0.15) is 0 Å². The molecule has 3 saturated heterocycles. The summed E-state index contributed by atoms with van der Waals surface area (Å²) < 4.78 is 20.4. The Morgan fingerprint density at radius 2 is 1.46 bits per heavy atom. The Labute approximate surface area is 393 Å². The molecule has 14 nitrogen and oxygen atoms in total. The zero-order chi connectivity index (χ0) is 47.1. The fraction of sp³-hybridized carbons (Fsp3) is 0.377. The maximum absolute atomic E-state index is 14.1. The van der Waals surface area contributed by atoms with Gasteiger partial charge in [-0.15, -0.1) is 0 Å².